The minimum absolute atomic E-state index is 0.0443. The van der Waals surface area contributed by atoms with Gasteiger partial charge in [-0.05, 0) is 32.3 Å². The third kappa shape index (κ3) is 3.27. The highest BCUT2D eigenvalue weighted by Crippen LogP contribution is 2.43. The number of H-pyrrole nitrogens is 1. The molecule has 2 fully saturated rings. The smallest absolute Gasteiger partial charge is 0.274 e. The summed E-state index contributed by atoms with van der Waals surface area (Å²) in [4.78, 5) is 13.6. The van der Waals surface area contributed by atoms with Gasteiger partial charge in [-0.2, -0.15) is 13.9 Å². The highest BCUT2D eigenvalue weighted by atomic mass is 19.3. The number of para-hydroxylation sites is 1. The second-order valence-electron chi connectivity index (χ2n) is 9.52. The first-order valence-corrected chi connectivity index (χ1v) is 11.7. The van der Waals surface area contributed by atoms with Crippen LogP contribution >= 0.6 is 0 Å². The molecule has 3 N–H and O–H groups in total. The standard InChI is InChI=1S/C24H27F2N7O/c1-14-20(27)24(13-34-14)7-10-32(11-8-24)18-12-28-19-22(29-18)30-31-23(19)33-9-6-16(21(25)26)15-4-2-3-5-17(15)33/h2-5,12,14,20H,6-11,13,27H2,1H3,(H,29,30,31)/t14-,20+/m0/s1. The van der Waals surface area contributed by atoms with Crippen LogP contribution in [0.1, 0.15) is 31.7 Å². The molecule has 178 valence electrons. The molecule has 0 amide bonds. The SMILES string of the molecule is C[C@@H]1OCC2(CCN(c3cnc4c(N5CCC(=C(F)F)c6ccccc65)n[nH]c4n3)CC2)[C@@H]1N. The average Bonchev–Trinajstić information content (AvgIpc) is 3.40. The first-order chi connectivity index (χ1) is 16.5. The maximum Gasteiger partial charge on any atom is 0.274 e. The van der Waals surface area contributed by atoms with E-state index in [1.54, 1.807) is 18.3 Å². The first-order valence-electron chi connectivity index (χ1n) is 11.7. The minimum Gasteiger partial charge on any atom is -0.376 e. The van der Waals surface area contributed by atoms with Gasteiger partial charge in [0, 0.05) is 42.2 Å². The Kier molecular flexibility index (Phi) is 5.03. The van der Waals surface area contributed by atoms with E-state index in [4.69, 9.17) is 15.5 Å². The van der Waals surface area contributed by atoms with Crippen molar-refractivity contribution >= 4 is 34.1 Å². The molecule has 10 heteroatoms. The summed E-state index contributed by atoms with van der Waals surface area (Å²) in [6.45, 7) is 4.84. The fourth-order valence-electron chi connectivity index (χ4n) is 5.63. The molecule has 0 bridgehead atoms. The summed E-state index contributed by atoms with van der Waals surface area (Å²) in [6, 6.07) is 7.23. The molecule has 34 heavy (non-hydrogen) atoms. The molecule has 2 saturated heterocycles. The largest absolute Gasteiger partial charge is 0.376 e. The molecule has 0 unspecified atom stereocenters. The quantitative estimate of drug-likeness (QED) is 0.591. The third-order valence-corrected chi connectivity index (χ3v) is 7.76. The average molecular weight is 468 g/mol. The van der Waals surface area contributed by atoms with Gasteiger partial charge in [-0.15, -0.1) is 0 Å². The lowest BCUT2D eigenvalue weighted by Crippen LogP contribution is -2.50. The van der Waals surface area contributed by atoms with Gasteiger partial charge in [0.05, 0.1) is 24.6 Å². The first kappa shape index (κ1) is 21.4. The van der Waals surface area contributed by atoms with E-state index in [1.807, 2.05) is 24.0 Å². The number of ether oxygens (including phenoxy) is 1. The second kappa shape index (κ2) is 7.99. The Morgan fingerprint density at radius 1 is 1.21 bits per heavy atom. The van der Waals surface area contributed by atoms with E-state index in [9.17, 15) is 8.78 Å². The van der Waals surface area contributed by atoms with Gasteiger partial charge in [-0.1, -0.05) is 18.2 Å². The molecule has 0 saturated carbocycles. The zero-order chi connectivity index (χ0) is 23.4. The van der Waals surface area contributed by atoms with Crippen molar-refractivity contribution < 1.29 is 13.5 Å². The van der Waals surface area contributed by atoms with E-state index in [1.165, 1.54) is 0 Å². The fraction of sp³-hybridized carbons (Fsp3) is 0.458. The van der Waals surface area contributed by atoms with Gasteiger partial charge in [0.15, 0.2) is 17.0 Å². The number of benzene rings is 1. The van der Waals surface area contributed by atoms with E-state index < -0.39 is 6.08 Å². The minimum atomic E-state index is -1.63. The molecule has 2 atom stereocenters. The summed E-state index contributed by atoms with van der Waals surface area (Å²) in [5, 5.41) is 7.47. The van der Waals surface area contributed by atoms with E-state index in [0.717, 1.165) is 38.4 Å². The maximum atomic E-state index is 13.5. The lowest BCUT2D eigenvalue weighted by molar-refractivity contribution is 0.0974. The molecule has 1 aromatic carbocycles. The number of aromatic nitrogens is 4. The number of nitrogens with zero attached hydrogens (tertiary/aromatic N) is 5. The number of rotatable bonds is 2. The summed E-state index contributed by atoms with van der Waals surface area (Å²) in [5.74, 6) is 1.39. The Bertz CT molecular complexity index is 1260. The van der Waals surface area contributed by atoms with Crippen LogP contribution in [0.2, 0.25) is 0 Å². The maximum absolute atomic E-state index is 13.5. The lowest BCUT2D eigenvalue weighted by Gasteiger charge is -2.41. The van der Waals surface area contributed by atoms with Crippen LogP contribution in [0.4, 0.5) is 26.1 Å². The van der Waals surface area contributed by atoms with Gasteiger partial charge in [-0.25, -0.2) is 9.97 Å². The molecule has 1 spiro atoms. The summed E-state index contributed by atoms with van der Waals surface area (Å²) in [6.07, 6.45) is 2.38. The molecular formula is C24H27F2N7O. The lowest BCUT2D eigenvalue weighted by atomic mass is 9.73. The fourth-order valence-corrected chi connectivity index (χ4v) is 5.63. The molecule has 3 aliphatic rings. The molecular weight excluding hydrogens is 440 g/mol. The van der Waals surface area contributed by atoms with E-state index in [0.29, 0.717) is 34.8 Å². The topological polar surface area (TPSA) is 96.2 Å². The predicted molar refractivity (Wildman–Crippen MR) is 126 cm³/mol. The van der Waals surface area contributed by atoms with Gasteiger partial charge < -0.3 is 20.3 Å². The second-order valence-corrected chi connectivity index (χ2v) is 9.52. The van der Waals surface area contributed by atoms with E-state index in [-0.39, 0.29) is 29.6 Å². The zero-order valence-electron chi connectivity index (χ0n) is 19.0. The Hall–Kier alpha value is -3.11. The van der Waals surface area contributed by atoms with E-state index in [2.05, 4.69) is 20.1 Å². The molecule has 0 radical (unpaired) electrons. The molecule has 6 rings (SSSR count). The highest BCUT2D eigenvalue weighted by Gasteiger charge is 2.47. The summed E-state index contributed by atoms with van der Waals surface area (Å²) >= 11 is 0. The van der Waals surface area contributed by atoms with Crippen molar-refractivity contribution in [2.45, 2.75) is 38.3 Å². The summed E-state index contributed by atoms with van der Waals surface area (Å²) in [5.41, 5.74) is 9.01. The van der Waals surface area contributed by atoms with E-state index >= 15 is 0 Å². The molecule has 8 nitrogen and oxygen atoms in total. The molecule has 3 aromatic rings. The van der Waals surface area contributed by atoms with Crippen molar-refractivity contribution in [2.75, 3.05) is 36.0 Å². The zero-order valence-corrected chi connectivity index (χ0v) is 19.0. The predicted octanol–water partition coefficient (Wildman–Crippen LogP) is 3.83. The number of piperidine rings is 1. The number of anilines is 3. The van der Waals surface area contributed by atoms with Crippen LogP contribution < -0.4 is 15.5 Å². The van der Waals surface area contributed by atoms with Crippen molar-refractivity contribution in [2.24, 2.45) is 11.1 Å². The van der Waals surface area contributed by atoms with Crippen LogP contribution in [0.5, 0.6) is 0 Å². The normalized spacial score (nSPS) is 24.2. The number of nitrogens with two attached hydrogens (primary N) is 1. The third-order valence-electron chi connectivity index (χ3n) is 7.76. The Morgan fingerprint density at radius 3 is 2.74 bits per heavy atom. The molecule has 2 aromatic heterocycles. The van der Waals surface area contributed by atoms with Crippen LogP contribution in [0.15, 0.2) is 36.5 Å². The van der Waals surface area contributed by atoms with Gasteiger partial charge >= 0.3 is 0 Å². The van der Waals surface area contributed by atoms with Gasteiger partial charge in [0.1, 0.15) is 5.82 Å². The van der Waals surface area contributed by atoms with Crippen molar-refractivity contribution in [3.63, 3.8) is 0 Å². The summed E-state index contributed by atoms with van der Waals surface area (Å²) < 4.78 is 32.8. The van der Waals surface area contributed by atoms with Crippen molar-refractivity contribution in [1.29, 1.82) is 0 Å². The monoisotopic (exact) mass is 467 g/mol. The number of nitrogens with one attached hydrogen (secondary N) is 1. The van der Waals surface area contributed by atoms with Crippen molar-refractivity contribution in [1.82, 2.24) is 20.2 Å². The van der Waals surface area contributed by atoms with Crippen LogP contribution in [0, 0.1) is 5.41 Å². The Labute approximate surface area is 195 Å². The van der Waals surface area contributed by atoms with Crippen LogP contribution in [0.25, 0.3) is 16.7 Å². The van der Waals surface area contributed by atoms with Crippen molar-refractivity contribution in [3.05, 3.63) is 42.1 Å². The van der Waals surface area contributed by atoms with Gasteiger partial charge in [0.2, 0.25) is 0 Å². The number of hydrogen-bond acceptors (Lipinski definition) is 7. The van der Waals surface area contributed by atoms with Crippen molar-refractivity contribution in [3.8, 4) is 0 Å². The number of halogens is 2. The Balaban J connectivity index is 1.27. The van der Waals surface area contributed by atoms with Crippen LogP contribution in [0.3, 0.4) is 0 Å². The summed E-state index contributed by atoms with van der Waals surface area (Å²) in [7, 11) is 0. The van der Waals surface area contributed by atoms with Crippen LogP contribution in [-0.2, 0) is 4.74 Å². The number of fused-ring (bicyclic) bond motifs is 2. The van der Waals surface area contributed by atoms with Gasteiger partial charge in [0.25, 0.3) is 6.08 Å². The Morgan fingerprint density at radius 2 is 2.00 bits per heavy atom. The van der Waals surface area contributed by atoms with Crippen LogP contribution in [-0.4, -0.2) is 58.6 Å². The number of hydrogen-bond donors (Lipinski definition) is 2. The van der Waals surface area contributed by atoms with Gasteiger partial charge in [-0.3, -0.25) is 5.10 Å². The highest BCUT2D eigenvalue weighted by molar-refractivity contribution is 5.91. The molecule has 5 heterocycles. The number of aromatic amines is 1. The molecule has 3 aliphatic heterocycles. The molecule has 0 aliphatic carbocycles.